The summed E-state index contributed by atoms with van der Waals surface area (Å²) >= 11 is 0. The molecule has 1 aliphatic heterocycles. The third kappa shape index (κ3) is 2.56. The molecule has 1 fully saturated rings. The molecule has 2 aromatic rings. The standard InChI is InChI=1S/C19H22N2O5/c1-11-17(13-9-20(2)10-16(13)25-5)21(19(11)22)12-7-14(23-3)18(26-6)15(8-12)24-4/h7-10,17H,1H2,2-6H3/t17-/m1/s1. The Bertz CT molecular complexity index is 846. The Kier molecular flexibility index (Phi) is 4.54. The van der Waals surface area contributed by atoms with E-state index in [-0.39, 0.29) is 11.9 Å². The van der Waals surface area contributed by atoms with Gasteiger partial charge in [0, 0.05) is 42.7 Å². The van der Waals surface area contributed by atoms with E-state index < -0.39 is 0 Å². The van der Waals surface area contributed by atoms with Gasteiger partial charge in [-0.15, -0.1) is 0 Å². The quantitative estimate of drug-likeness (QED) is 0.587. The summed E-state index contributed by atoms with van der Waals surface area (Å²) in [6, 6.07) is 3.17. The van der Waals surface area contributed by atoms with Crippen LogP contribution in [0.25, 0.3) is 0 Å². The van der Waals surface area contributed by atoms with Crippen LogP contribution in [-0.2, 0) is 11.8 Å². The molecule has 3 rings (SSSR count). The fourth-order valence-electron chi connectivity index (χ4n) is 3.23. The average Bonchev–Trinajstić information content (AvgIpc) is 3.03. The van der Waals surface area contributed by atoms with E-state index in [4.69, 9.17) is 18.9 Å². The van der Waals surface area contributed by atoms with Crippen molar-refractivity contribution < 1.29 is 23.7 Å². The summed E-state index contributed by atoms with van der Waals surface area (Å²) in [4.78, 5) is 14.2. The van der Waals surface area contributed by atoms with Crippen LogP contribution in [0, 0.1) is 0 Å². The molecular weight excluding hydrogens is 336 g/mol. The zero-order valence-corrected chi connectivity index (χ0v) is 15.5. The van der Waals surface area contributed by atoms with Crippen molar-refractivity contribution in [2.45, 2.75) is 6.04 Å². The number of carbonyl (C=O) groups excluding carboxylic acids is 1. The molecule has 7 nitrogen and oxygen atoms in total. The second-order valence-corrected chi connectivity index (χ2v) is 5.93. The Balaban J connectivity index is 2.10. The lowest BCUT2D eigenvalue weighted by atomic mass is 9.89. The summed E-state index contributed by atoms with van der Waals surface area (Å²) in [5.41, 5.74) is 2.00. The molecular formula is C19H22N2O5. The monoisotopic (exact) mass is 358 g/mol. The van der Waals surface area contributed by atoms with Crippen LogP contribution in [0.5, 0.6) is 23.0 Å². The van der Waals surface area contributed by atoms with Crippen LogP contribution < -0.4 is 23.8 Å². The van der Waals surface area contributed by atoms with Crippen LogP contribution in [0.15, 0.2) is 36.7 Å². The van der Waals surface area contributed by atoms with Gasteiger partial charge in [-0.1, -0.05) is 6.58 Å². The van der Waals surface area contributed by atoms with Gasteiger partial charge in [-0.25, -0.2) is 0 Å². The highest BCUT2D eigenvalue weighted by Crippen LogP contribution is 2.49. The lowest BCUT2D eigenvalue weighted by Crippen LogP contribution is -2.48. The van der Waals surface area contributed by atoms with Crippen molar-refractivity contribution in [1.29, 1.82) is 0 Å². The molecule has 1 atom stereocenters. The number of anilines is 1. The maximum Gasteiger partial charge on any atom is 0.256 e. The molecule has 1 aromatic carbocycles. The first kappa shape index (κ1) is 17.7. The van der Waals surface area contributed by atoms with Crippen molar-refractivity contribution in [3.63, 3.8) is 0 Å². The number of hydrogen-bond acceptors (Lipinski definition) is 5. The van der Waals surface area contributed by atoms with E-state index in [1.54, 1.807) is 24.1 Å². The van der Waals surface area contributed by atoms with Crippen molar-refractivity contribution in [3.8, 4) is 23.0 Å². The second kappa shape index (κ2) is 6.67. The molecule has 0 unspecified atom stereocenters. The number of β-lactam (4-membered cyclic amide) rings is 1. The van der Waals surface area contributed by atoms with Gasteiger partial charge >= 0.3 is 0 Å². The van der Waals surface area contributed by atoms with Crippen LogP contribution >= 0.6 is 0 Å². The van der Waals surface area contributed by atoms with Crippen LogP contribution in [-0.4, -0.2) is 38.9 Å². The fourth-order valence-corrected chi connectivity index (χ4v) is 3.23. The van der Waals surface area contributed by atoms with E-state index in [0.717, 1.165) is 5.56 Å². The highest BCUT2D eigenvalue weighted by atomic mass is 16.5. The lowest BCUT2D eigenvalue weighted by molar-refractivity contribution is -0.119. The number of benzene rings is 1. The molecule has 2 heterocycles. The molecule has 1 aromatic heterocycles. The molecule has 1 amide bonds. The largest absolute Gasteiger partial charge is 0.495 e. The number of carbonyl (C=O) groups is 1. The fraction of sp³-hybridized carbons (Fsp3) is 0.316. The van der Waals surface area contributed by atoms with Gasteiger partial charge in [-0.05, 0) is 0 Å². The molecule has 1 saturated heterocycles. The van der Waals surface area contributed by atoms with E-state index in [9.17, 15) is 4.79 Å². The number of rotatable bonds is 6. The number of ether oxygens (including phenoxy) is 4. The third-order valence-electron chi connectivity index (χ3n) is 4.47. The number of amides is 1. The molecule has 7 heteroatoms. The zero-order chi connectivity index (χ0) is 19.0. The first-order valence-electron chi connectivity index (χ1n) is 7.99. The lowest BCUT2D eigenvalue weighted by Gasteiger charge is -2.42. The molecule has 0 bridgehead atoms. The Morgan fingerprint density at radius 3 is 2.00 bits per heavy atom. The van der Waals surface area contributed by atoms with Gasteiger partial charge in [0.2, 0.25) is 5.75 Å². The topological polar surface area (TPSA) is 62.2 Å². The van der Waals surface area contributed by atoms with Gasteiger partial charge < -0.3 is 23.5 Å². The van der Waals surface area contributed by atoms with Gasteiger partial charge in [0.1, 0.15) is 5.75 Å². The Labute approximate surface area is 152 Å². The summed E-state index contributed by atoms with van der Waals surface area (Å²) in [6.45, 7) is 3.94. The van der Waals surface area contributed by atoms with E-state index >= 15 is 0 Å². The van der Waals surface area contributed by atoms with E-state index in [1.165, 1.54) is 21.3 Å². The van der Waals surface area contributed by atoms with Gasteiger partial charge in [-0.3, -0.25) is 9.69 Å². The molecule has 1 aliphatic rings. The van der Waals surface area contributed by atoms with Crippen molar-refractivity contribution in [3.05, 3.63) is 42.2 Å². The number of aryl methyl sites for hydroxylation is 1. The number of aromatic nitrogens is 1. The van der Waals surface area contributed by atoms with Crippen LogP contribution in [0.4, 0.5) is 5.69 Å². The van der Waals surface area contributed by atoms with Crippen LogP contribution in [0.1, 0.15) is 11.6 Å². The molecule has 138 valence electrons. The molecule has 26 heavy (non-hydrogen) atoms. The maximum absolute atomic E-state index is 12.6. The molecule has 0 radical (unpaired) electrons. The summed E-state index contributed by atoms with van der Waals surface area (Å²) in [5, 5.41) is 0. The number of nitrogens with zero attached hydrogens (tertiary/aromatic N) is 2. The minimum Gasteiger partial charge on any atom is -0.495 e. The van der Waals surface area contributed by atoms with Crippen LogP contribution in [0.3, 0.4) is 0 Å². The van der Waals surface area contributed by atoms with Crippen molar-refractivity contribution in [1.82, 2.24) is 4.57 Å². The van der Waals surface area contributed by atoms with E-state index in [2.05, 4.69) is 6.58 Å². The minimum atomic E-state index is -0.318. The molecule has 0 spiro atoms. The predicted molar refractivity (Wildman–Crippen MR) is 97.4 cm³/mol. The Morgan fingerprint density at radius 1 is 0.923 bits per heavy atom. The Hall–Kier alpha value is -3.09. The zero-order valence-electron chi connectivity index (χ0n) is 15.5. The normalized spacial score (nSPS) is 16.3. The second-order valence-electron chi connectivity index (χ2n) is 5.93. The van der Waals surface area contributed by atoms with Crippen molar-refractivity contribution in [2.24, 2.45) is 7.05 Å². The van der Waals surface area contributed by atoms with Crippen molar-refractivity contribution >= 4 is 11.6 Å². The SMILES string of the molecule is C=C1C(=O)N(c2cc(OC)c(OC)c(OC)c2)[C@H]1c1cn(C)cc1OC. The van der Waals surface area contributed by atoms with Crippen LogP contribution in [0.2, 0.25) is 0 Å². The van der Waals surface area contributed by atoms with E-state index in [0.29, 0.717) is 34.3 Å². The molecule has 0 aliphatic carbocycles. The van der Waals surface area contributed by atoms with E-state index in [1.807, 2.05) is 24.0 Å². The predicted octanol–water partition coefficient (Wildman–Crippen LogP) is 2.70. The van der Waals surface area contributed by atoms with Gasteiger partial charge in [0.05, 0.1) is 40.2 Å². The summed E-state index contributed by atoms with van der Waals surface area (Å²) in [5.74, 6) is 1.97. The highest BCUT2D eigenvalue weighted by Gasteiger charge is 2.45. The molecule has 0 N–H and O–H groups in total. The summed E-state index contributed by atoms with van der Waals surface area (Å²) < 4.78 is 23.5. The smallest absolute Gasteiger partial charge is 0.256 e. The van der Waals surface area contributed by atoms with Crippen molar-refractivity contribution in [2.75, 3.05) is 33.3 Å². The highest BCUT2D eigenvalue weighted by molar-refractivity contribution is 6.15. The summed E-state index contributed by atoms with van der Waals surface area (Å²) in [7, 11) is 8.12. The average molecular weight is 358 g/mol. The minimum absolute atomic E-state index is 0.157. The maximum atomic E-state index is 12.6. The molecule has 0 saturated carbocycles. The number of hydrogen-bond donors (Lipinski definition) is 0. The van der Waals surface area contributed by atoms with Gasteiger partial charge in [0.15, 0.2) is 11.5 Å². The first-order chi connectivity index (χ1) is 12.5. The van der Waals surface area contributed by atoms with Gasteiger partial charge in [0.25, 0.3) is 5.91 Å². The Morgan fingerprint density at radius 2 is 1.50 bits per heavy atom. The third-order valence-corrected chi connectivity index (χ3v) is 4.47. The van der Waals surface area contributed by atoms with Gasteiger partial charge in [-0.2, -0.15) is 0 Å². The summed E-state index contributed by atoms with van der Waals surface area (Å²) in [6.07, 6.45) is 3.78. The number of methoxy groups -OCH3 is 4. The first-order valence-corrected chi connectivity index (χ1v) is 7.99.